The van der Waals surface area contributed by atoms with Gasteiger partial charge in [0.25, 0.3) is 11.8 Å². The Morgan fingerprint density at radius 3 is 2.26 bits per heavy atom. The van der Waals surface area contributed by atoms with E-state index in [9.17, 15) is 9.59 Å². The second-order valence-electron chi connectivity index (χ2n) is 6.26. The summed E-state index contributed by atoms with van der Waals surface area (Å²) in [4.78, 5) is 29.2. The van der Waals surface area contributed by atoms with Crippen LogP contribution in [0.25, 0.3) is 0 Å². The topological polar surface area (TPSA) is 61.9 Å². The average Bonchev–Trinajstić information content (AvgIpc) is 2.68. The fourth-order valence-electron chi connectivity index (χ4n) is 2.89. The molecule has 0 heterocycles. The van der Waals surface area contributed by atoms with Gasteiger partial charge in [0.05, 0.1) is 18.2 Å². The number of amides is 2. The molecule has 0 aliphatic carbocycles. The number of hydrogen-bond donors (Lipinski definition) is 1. The van der Waals surface area contributed by atoms with Crippen LogP contribution in [0.2, 0.25) is 0 Å². The van der Waals surface area contributed by atoms with E-state index in [1.165, 1.54) is 7.11 Å². The van der Waals surface area contributed by atoms with Gasteiger partial charge < -0.3 is 19.9 Å². The Balaban J connectivity index is 2.37. The number of nitrogens with one attached hydrogen (secondary N) is 1. The van der Waals surface area contributed by atoms with Crippen LogP contribution in [0.3, 0.4) is 0 Å². The number of nitrogens with zero attached hydrogens (tertiary/aromatic N) is 2. The normalized spacial score (nSPS) is 10.3. The summed E-state index contributed by atoms with van der Waals surface area (Å²) < 4.78 is 5.25. The summed E-state index contributed by atoms with van der Waals surface area (Å²) in [6, 6.07) is 12.4. The molecule has 0 atom stereocenters. The first-order valence-electron chi connectivity index (χ1n) is 8.97. The van der Waals surface area contributed by atoms with Crippen LogP contribution >= 0.6 is 0 Å². The fourth-order valence-corrected chi connectivity index (χ4v) is 2.89. The first-order valence-corrected chi connectivity index (χ1v) is 8.97. The third-order valence-corrected chi connectivity index (χ3v) is 4.37. The monoisotopic (exact) mass is 369 g/mol. The van der Waals surface area contributed by atoms with Crippen molar-refractivity contribution in [1.29, 1.82) is 0 Å². The number of hydrogen-bond acceptors (Lipinski definition) is 4. The highest BCUT2D eigenvalue weighted by Crippen LogP contribution is 2.26. The molecule has 2 aromatic rings. The van der Waals surface area contributed by atoms with Gasteiger partial charge in [-0.1, -0.05) is 12.1 Å². The van der Waals surface area contributed by atoms with Gasteiger partial charge in [-0.2, -0.15) is 0 Å². The second kappa shape index (κ2) is 9.07. The molecule has 0 aliphatic heterocycles. The lowest BCUT2D eigenvalue weighted by Crippen LogP contribution is -2.31. The third kappa shape index (κ3) is 4.58. The number of ether oxygens (including phenoxy) is 1. The van der Waals surface area contributed by atoms with Crippen molar-refractivity contribution < 1.29 is 14.3 Å². The van der Waals surface area contributed by atoms with Crippen molar-refractivity contribution in [3.05, 3.63) is 53.6 Å². The second-order valence-corrected chi connectivity index (χ2v) is 6.26. The lowest BCUT2D eigenvalue weighted by atomic mass is 10.1. The maximum absolute atomic E-state index is 12.9. The molecule has 0 saturated carbocycles. The summed E-state index contributed by atoms with van der Waals surface area (Å²) in [6.45, 7) is 5.15. The molecule has 6 heteroatoms. The molecule has 2 amide bonds. The van der Waals surface area contributed by atoms with E-state index >= 15 is 0 Å². The van der Waals surface area contributed by atoms with Crippen molar-refractivity contribution in [2.24, 2.45) is 0 Å². The minimum atomic E-state index is -0.286. The smallest absolute Gasteiger partial charge is 0.259 e. The zero-order valence-electron chi connectivity index (χ0n) is 16.6. The Morgan fingerprint density at radius 1 is 1.00 bits per heavy atom. The van der Waals surface area contributed by atoms with Gasteiger partial charge in [-0.3, -0.25) is 9.59 Å². The van der Waals surface area contributed by atoms with Crippen molar-refractivity contribution >= 4 is 23.2 Å². The standard InChI is InChI=1S/C21H27N3O3/c1-6-24(7-2)21(26)17-14-15(12-13-18(17)23(3)4)22-20(25)16-10-8-9-11-19(16)27-5/h8-14H,6-7H2,1-5H3,(H,22,25). The Labute approximate surface area is 160 Å². The molecular weight excluding hydrogens is 342 g/mol. The highest BCUT2D eigenvalue weighted by atomic mass is 16.5. The molecule has 0 aromatic heterocycles. The van der Waals surface area contributed by atoms with Gasteiger partial charge >= 0.3 is 0 Å². The lowest BCUT2D eigenvalue weighted by molar-refractivity contribution is 0.0773. The summed E-state index contributed by atoms with van der Waals surface area (Å²) in [5, 5.41) is 2.86. The minimum Gasteiger partial charge on any atom is -0.496 e. The highest BCUT2D eigenvalue weighted by molar-refractivity contribution is 6.07. The molecule has 1 N–H and O–H groups in total. The predicted octanol–water partition coefficient (Wildman–Crippen LogP) is 3.50. The van der Waals surface area contributed by atoms with E-state index in [0.717, 1.165) is 5.69 Å². The molecular formula is C21H27N3O3. The summed E-state index contributed by atoms with van der Waals surface area (Å²) in [7, 11) is 5.31. The van der Waals surface area contributed by atoms with E-state index in [-0.39, 0.29) is 11.8 Å². The number of rotatable bonds is 7. The highest BCUT2D eigenvalue weighted by Gasteiger charge is 2.19. The molecule has 2 aromatic carbocycles. The molecule has 0 fully saturated rings. The molecule has 0 unspecified atom stereocenters. The van der Waals surface area contributed by atoms with Crippen LogP contribution in [0.5, 0.6) is 5.75 Å². The zero-order chi connectivity index (χ0) is 20.0. The molecule has 0 saturated heterocycles. The van der Waals surface area contributed by atoms with E-state index in [2.05, 4.69) is 5.32 Å². The SMILES string of the molecule is CCN(CC)C(=O)c1cc(NC(=O)c2ccccc2OC)ccc1N(C)C. The number of carbonyl (C=O) groups is 2. The van der Waals surface area contributed by atoms with Crippen molar-refractivity contribution in [3.8, 4) is 5.75 Å². The van der Waals surface area contributed by atoms with E-state index in [1.54, 1.807) is 35.2 Å². The van der Waals surface area contributed by atoms with Crippen LogP contribution in [0.15, 0.2) is 42.5 Å². The number of benzene rings is 2. The van der Waals surface area contributed by atoms with E-state index < -0.39 is 0 Å². The van der Waals surface area contributed by atoms with Crippen LogP contribution in [0.1, 0.15) is 34.6 Å². The van der Waals surface area contributed by atoms with Gasteiger partial charge in [-0.15, -0.1) is 0 Å². The van der Waals surface area contributed by atoms with Crippen molar-refractivity contribution in [2.75, 3.05) is 44.5 Å². The van der Waals surface area contributed by atoms with Crippen molar-refractivity contribution in [2.45, 2.75) is 13.8 Å². The van der Waals surface area contributed by atoms with Crippen LogP contribution in [0, 0.1) is 0 Å². The van der Waals surface area contributed by atoms with E-state index in [1.807, 2.05) is 45.0 Å². The predicted molar refractivity (Wildman–Crippen MR) is 109 cm³/mol. The van der Waals surface area contributed by atoms with Gasteiger partial charge in [0.1, 0.15) is 5.75 Å². The molecule has 144 valence electrons. The lowest BCUT2D eigenvalue weighted by Gasteiger charge is -2.23. The summed E-state index contributed by atoms with van der Waals surface area (Å²) in [5.41, 5.74) is 2.36. The number of carbonyl (C=O) groups excluding carboxylic acids is 2. The molecule has 27 heavy (non-hydrogen) atoms. The molecule has 0 bridgehead atoms. The largest absolute Gasteiger partial charge is 0.496 e. The minimum absolute atomic E-state index is 0.0582. The van der Waals surface area contributed by atoms with Gasteiger partial charge in [-0.05, 0) is 44.2 Å². The Morgan fingerprint density at radius 2 is 1.67 bits per heavy atom. The van der Waals surface area contributed by atoms with Gasteiger partial charge in [0, 0.05) is 38.6 Å². The maximum Gasteiger partial charge on any atom is 0.259 e. The molecule has 0 spiro atoms. The first-order chi connectivity index (χ1) is 12.9. The van der Waals surface area contributed by atoms with Crippen molar-refractivity contribution in [3.63, 3.8) is 0 Å². The summed E-state index contributed by atoms with van der Waals surface area (Å²) in [6.07, 6.45) is 0. The molecule has 0 radical (unpaired) electrons. The third-order valence-electron chi connectivity index (χ3n) is 4.37. The van der Waals surface area contributed by atoms with Crippen LogP contribution in [-0.2, 0) is 0 Å². The molecule has 0 aliphatic rings. The number of methoxy groups -OCH3 is 1. The van der Waals surface area contributed by atoms with E-state index in [4.69, 9.17) is 4.74 Å². The zero-order valence-corrected chi connectivity index (χ0v) is 16.6. The fraction of sp³-hybridized carbons (Fsp3) is 0.333. The van der Waals surface area contributed by atoms with Gasteiger partial charge in [0.2, 0.25) is 0 Å². The average molecular weight is 369 g/mol. The van der Waals surface area contributed by atoms with Crippen LogP contribution < -0.4 is 15.0 Å². The van der Waals surface area contributed by atoms with Crippen LogP contribution in [0.4, 0.5) is 11.4 Å². The van der Waals surface area contributed by atoms with Crippen molar-refractivity contribution in [1.82, 2.24) is 4.90 Å². The quantitative estimate of drug-likeness (QED) is 0.811. The molecule has 6 nitrogen and oxygen atoms in total. The number of anilines is 2. The Kier molecular flexibility index (Phi) is 6.82. The van der Waals surface area contributed by atoms with E-state index in [0.29, 0.717) is 35.7 Å². The Hall–Kier alpha value is -3.02. The molecule has 2 rings (SSSR count). The summed E-state index contributed by atoms with van der Waals surface area (Å²) >= 11 is 0. The van der Waals surface area contributed by atoms with Gasteiger partial charge in [0.15, 0.2) is 0 Å². The maximum atomic E-state index is 12.9. The van der Waals surface area contributed by atoms with Gasteiger partial charge in [-0.25, -0.2) is 0 Å². The summed E-state index contributed by atoms with van der Waals surface area (Å²) in [5.74, 6) is 0.155. The number of para-hydroxylation sites is 1. The Bertz CT molecular complexity index is 814. The van der Waals surface area contributed by atoms with Crippen LogP contribution in [-0.4, -0.2) is 51.0 Å². The first kappa shape index (κ1) is 20.3.